The van der Waals surface area contributed by atoms with Gasteiger partial charge in [0.2, 0.25) is 5.91 Å². The average molecular weight is 495 g/mol. The summed E-state index contributed by atoms with van der Waals surface area (Å²) in [6, 6.07) is 0.288. The summed E-state index contributed by atoms with van der Waals surface area (Å²) in [6.45, 7) is 14.0. The molecule has 0 spiro atoms. The Morgan fingerprint density at radius 2 is 2.03 bits per heavy atom. The van der Waals surface area contributed by atoms with Gasteiger partial charge < -0.3 is 14.8 Å². The molecule has 186 valence electrons. The highest BCUT2D eigenvalue weighted by Gasteiger charge is 2.29. The van der Waals surface area contributed by atoms with E-state index < -0.39 is 0 Å². The molecule has 0 aromatic carbocycles. The first-order valence-electron chi connectivity index (χ1n) is 12.2. The quantitative estimate of drug-likeness (QED) is 0.456. The number of carbonyl (C=O) groups excluding carboxylic acids is 1. The van der Waals surface area contributed by atoms with E-state index in [-0.39, 0.29) is 11.9 Å². The number of carbonyl (C=O) groups is 1. The third-order valence-corrected chi connectivity index (χ3v) is 8.17. The Bertz CT molecular complexity index is 1400. The van der Waals surface area contributed by atoms with Gasteiger partial charge in [-0.25, -0.2) is 14.5 Å². The highest BCUT2D eigenvalue weighted by atomic mass is 32.1. The van der Waals surface area contributed by atoms with E-state index in [9.17, 15) is 4.79 Å². The van der Waals surface area contributed by atoms with Crippen LogP contribution in [0, 0.1) is 13.8 Å². The number of pyridine rings is 1. The Balaban J connectivity index is 1.48. The van der Waals surface area contributed by atoms with Crippen LogP contribution in [0.2, 0.25) is 0 Å². The topological polar surface area (TPSA) is 85.7 Å². The van der Waals surface area contributed by atoms with Crippen molar-refractivity contribution in [2.24, 2.45) is 0 Å². The van der Waals surface area contributed by atoms with Crippen LogP contribution in [0.15, 0.2) is 12.5 Å². The van der Waals surface area contributed by atoms with E-state index in [4.69, 9.17) is 4.98 Å². The number of fused-ring (bicyclic) bond motifs is 2. The minimum Gasteiger partial charge on any atom is -0.348 e. The van der Waals surface area contributed by atoms with E-state index in [1.54, 1.807) is 22.6 Å². The second-order valence-electron chi connectivity index (χ2n) is 10.1. The molecule has 1 atom stereocenters. The number of rotatable bonds is 5. The van der Waals surface area contributed by atoms with Crippen LogP contribution in [-0.4, -0.2) is 86.6 Å². The fraction of sp³-hybridized carbons (Fsp3) is 0.520. The Morgan fingerprint density at radius 1 is 1.26 bits per heavy atom. The van der Waals surface area contributed by atoms with Crippen molar-refractivity contribution in [1.82, 2.24) is 34.4 Å². The first-order valence-corrected chi connectivity index (χ1v) is 13.0. The van der Waals surface area contributed by atoms with Gasteiger partial charge in [0.1, 0.15) is 16.7 Å². The van der Waals surface area contributed by atoms with Crippen molar-refractivity contribution in [2.45, 2.75) is 46.6 Å². The molecule has 0 radical (unpaired) electrons. The van der Waals surface area contributed by atoms with Crippen molar-refractivity contribution in [1.29, 1.82) is 0 Å². The fourth-order valence-corrected chi connectivity index (χ4v) is 6.13. The molecule has 9 nitrogen and oxygen atoms in total. The molecule has 5 heterocycles. The molecule has 0 aliphatic carbocycles. The van der Waals surface area contributed by atoms with Crippen molar-refractivity contribution in [3.63, 3.8) is 0 Å². The van der Waals surface area contributed by atoms with Gasteiger partial charge in [-0.05, 0) is 37.8 Å². The van der Waals surface area contributed by atoms with E-state index in [2.05, 4.69) is 65.7 Å². The van der Waals surface area contributed by atoms with Crippen LogP contribution in [0.3, 0.4) is 0 Å². The van der Waals surface area contributed by atoms with Crippen LogP contribution in [0.1, 0.15) is 43.4 Å². The SMILES string of the molecule is Cc1c(-c2[nH]c3sc(N4CCN(CC(=O)N(C)C)CC4C)nc3c2C(C)C)cn2ncnc2c1C. The highest BCUT2D eigenvalue weighted by Crippen LogP contribution is 2.41. The number of likely N-dealkylation sites (N-methyl/N-ethyl adjacent to an activating group) is 1. The van der Waals surface area contributed by atoms with Gasteiger partial charge in [-0.3, -0.25) is 9.69 Å². The molecule has 1 aliphatic heterocycles. The van der Waals surface area contributed by atoms with Gasteiger partial charge in [0, 0.05) is 57.1 Å². The van der Waals surface area contributed by atoms with Crippen molar-refractivity contribution >= 4 is 38.4 Å². The first kappa shape index (κ1) is 23.7. The van der Waals surface area contributed by atoms with Crippen LogP contribution in [0.5, 0.6) is 0 Å². The smallest absolute Gasteiger partial charge is 0.236 e. The maximum atomic E-state index is 12.2. The van der Waals surface area contributed by atoms with E-state index in [1.165, 1.54) is 11.1 Å². The van der Waals surface area contributed by atoms with Crippen molar-refractivity contribution < 1.29 is 4.79 Å². The first-order chi connectivity index (χ1) is 16.7. The van der Waals surface area contributed by atoms with Gasteiger partial charge in [0.25, 0.3) is 0 Å². The second kappa shape index (κ2) is 8.91. The van der Waals surface area contributed by atoms with Gasteiger partial charge in [-0.2, -0.15) is 5.10 Å². The summed E-state index contributed by atoms with van der Waals surface area (Å²) in [7, 11) is 3.63. The standard InChI is InChI=1S/C25H34N8OS/c1-14(2)20-21(18-11-33-23(26-13-27-33)17(5)16(18)4)28-24-22(20)29-25(35-24)32-9-8-31(10-15(32)3)12-19(34)30(6)7/h11,13-15,28H,8-10,12H2,1-7H3. The Hall–Kier alpha value is -2.98. The molecule has 1 fully saturated rings. The molecule has 1 unspecified atom stereocenters. The number of anilines is 1. The number of piperazine rings is 1. The van der Waals surface area contributed by atoms with E-state index >= 15 is 0 Å². The molecule has 35 heavy (non-hydrogen) atoms. The maximum absolute atomic E-state index is 12.2. The minimum absolute atomic E-state index is 0.150. The number of aromatic amines is 1. The average Bonchev–Trinajstić information content (AvgIpc) is 3.50. The molecular weight excluding hydrogens is 460 g/mol. The molecule has 0 bridgehead atoms. The van der Waals surface area contributed by atoms with Crippen LogP contribution < -0.4 is 4.90 Å². The van der Waals surface area contributed by atoms with E-state index in [1.807, 2.05) is 18.6 Å². The Morgan fingerprint density at radius 3 is 2.71 bits per heavy atom. The number of H-pyrrole nitrogens is 1. The molecular formula is C25H34N8OS. The Kier molecular flexibility index (Phi) is 6.04. The minimum atomic E-state index is 0.150. The van der Waals surface area contributed by atoms with E-state index in [0.717, 1.165) is 57.6 Å². The molecule has 4 aromatic heterocycles. The molecule has 10 heteroatoms. The lowest BCUT2D eigenvalue weighted by molar-refractivity contribution is -0.130. The maximum Gasteiger partial charge on any atom is 0.236 e. The van der Waals surface area contributed by atoms with Crippen LogP contribution in [0.4, 0.5) is 5.13 Å². The third kappa shape index (κ3) is 4.08. The van der Waals surface area contributed by atoms with Gasteiger partial charge in [-0.1, -0.05) is 25.2 Å². The number of amides is 1. The van der Waals surface area contributed by atoms with Crippen LogP contribution in [-0.2, 0) is 4.79 Å². The predicted molar refractivity (Wildman–Crippen MR) is 141 cm³/mol. The normalized spacial score (nSPS) is 17.3. The van der Waals surface area contributed by atoms with Gasteiger partial charge in [0.05, 0.1) is 12.2 Å². The number of nitrogens with one attached hydrogen (secondary N) is 1. The lowest BCUT2D eigenvalue weighted by Gasteiger charge is -2.39. The summed E-state index contributed by atoms with van der Waals surface area (Å²) in [4.78, 5) is 32.8. The number of hydrogen-bond acceptors (Lipinski definition) is 7. The largest absolute Gasteiger partial charge is 0.348 e. The molecule has 1 N–H and O–H groups in total. The zero-order valence-electron chi connectivity index (χ0n) is 21.6. The summed E-state index contributed by atoms with van der Waals surface area (Å²) in [6.07, 6.45) is 3.68. The zero-order valence-corrected chi connectivity index (χ0v) is 22.4. The molecule has 4 aromatic rings. The molecule has 1 amide bonds. The number of hydrogen-bond donors (Lipinski definition) is 1. The summed E-state index contributed by atoms with van der Waals surface area (Å²) in [5.74, 6) is 0.461. The van der Waals surface area contributed by atoms with E-state index in [0.29, 0.717) is 12.5 Å². The lowest BCUT2D eigenvalue weighted by Crippen LogP contribution is -2.54. The summed E-state index contributed by atoms with van der Waals surface area (Å²) < 4.78 is 1.86. The van der Waals surface area contributed by atoms with Crippen molar-refractivity contribution in [3.8, 4) is 11.3 Å². The van der Waals surface area contributed by atoms with Crippen molar-refractivity contribution in [2.75, 3.05) is 45.2 Å². The Labute approximate surface area is 209 Å². The third-order valence-electron chi connectivity index (χ3n) is 7.17. The summed E-state index contributed by atoms with van der Waals surface area (Å²) in [5.41, 5.74) is 7.81. The highest BCUT2D eigenvalue weighted by molar-refractivity contribution is 7.21. The number of aromatic nitrogens is 5. The number of nitrogens with zero attached hydrogens (tertiary/aromatic N) is 7. The molecule has 0 saturated carbocycles. The van der Waals surface area contributed by atoms with Gasteiger partial charge in [-0.15, -0.1) is 0 Å². The number of aryl methyl sites for hydroxylation is 1. The van der Waals surface area contributed by atoms with Gasteiger partial charge in [0.15, 0.2) is 10.8 Å². The molecule has 5 rings (SSSR count). The molecule has 1 aliphatic rings. The predicted octanol–water partition coefficient (Wildman–Crippen LogP) is 3.67. The summed E-state index contributed by atoms with van der Waals surface area (Å²) >= 11 is 1.72. The van der Waals surface area contributed by atoms with Crippen LogP contribution in [0.25, 0.3) is 27.3 Å². The van der Waals surface area contributed by atoms with Crippen molar-refractivity contribution in [3.05, 3.63) is 29.2 Å². The molecule has 1 saturated heterocycles. The lowest BCUT2D eigenvalue weighted by atomic mass is 9.96. The fourth-order valence-electron chi connectivity index (χ4n) is 5.02. The monoisotopic (exact) mass is 494 g/mol. The second-order valence-corrected chi connectivity index (χ2v) is 11.1. The number of thiazole rings is 1. The zero-order chi connectivity index (χ0) is 25.0. The summed E-state index contributed by atoms with van der Waals surface area (Å²) in [5, 5.41) is 5.43. The van der Waals surface area contributed by atoms with Crippen LogP contribution >= 0.6 is 11.3 Å². The van der Waals surface area contributed by atoms with Gasteiger partial charge >= 0.3 is 0 Å².